The van der Waals surface area contributed by atoms with Gasteiger partial charge in [0.1, 0.15) is 11.6 Å². The Hall–Kier alpha value is -2.69. The Morgan fingerprint density at radius 3 is 2.52 bits per heavy atom. The number of anilines is 1. The molecule has 0 unspecified atom stereocenters. The minimum Gasteiger partial charge on any atom is -0.382 e. The molecule has 0 amide bonds. The summed E-state index contributed by atoms with van der Waals surface area (Å²) in [5, 5.41) is 6.75. The van der Waals surface area contributed by atoms with Gasteiger partial charge in [-0.1, -0.05) is 18.2 Å². The average molecular weight is 285 g/mol. The highest BCUT2D eigenvalue weighted by Gasteiger charge is 2.18. The SMILES string of the molecule is Cc1cc(-c2[nH]nc(N)c2-c2ccccc2F)ccc1F. The molecular weight excluding hydrogens is 272 g/mol. The van der Waals surface area contributed by atoms with Gasteiger partial charge in [0.25, 0.3) is 0 Å². The number of hydrogen-bond acceptors (Lipinski definition) is 2. The normalized spacial score (nSPS) is 10.8. The summed E-state index contributed by atoms with van der Waals surface area (Å²) in [4.78, 5) is 0. The van der Waals surface area contributed by atoms with Gasteiger partial charge in [0.2, 0.25) is 0 Å². The van der Waals surface area contributed by atoms with Crippen molar-refractivity contribution in [1.82, 2.24) is 10.2 Å². The molecule has 0 radical (unpaired) electrons. The Morgan fingerprint density at radius 1 is 1.05 bits per heavy atom. The number of H-pyrrole nitrogens is 1. The molecule has 1 heterocycles. The number of nitrogens with zero attached hydrogens (tertiary/aromatic N) is 1. The first kappa shape index (κ1) is 13.3. The van der Waals surface area contributed by atoms with E-state index in [0.717, 1.165) is 0 Å². The van der Waals surface area contributed by atoms with Crippen LogP contribution in [-0.4, -0.2) is 10.2 Å². The number of aromatic amines is 1. The van der Waals surface area contributed by atoms with E-state index in [1.54, 1.807) is 37.3 Å². The van der Waals surface area contributed by atoms with Gasteiger partial charge < -0.3 is 5.73 Å². The number of hydrogen-bond donors (Lipinski definition) is 2. The van der Waals surface area contributed by atoms with Gasteiger partial charge in [-0.15, -0.1) is 0 Å². The van der Waals surface area contributed by atoms with E-state index in [-0.39, 0.29) is 17.5 Å². The van der Waals surface area contributed by atoms with Crippen LogP contribution in [0.5, 0.6) is 0 Å². The highest BCUT2D eigenvalue weighted by Crippen LogP contribution is 2.36. The molecule has 106 valence electrons. The zero-order valence-corrected chi connectivity index (χ0v) is 11.3. The lowest BCUT2D eigenvalue weighted by molar-refractivity contribution is 0.618. The van der Waals surface area contributed by atoms with Crippen molar-refractivity contribution in [1.29, 1.82) is 0 Å². The van der Waals surface area contributed by atoms with Crippen LogP contribution in [0.25, 0.3) is 22.4 Å². The van der Waals surface area contributed by atoms with Crippen LogP contribution in [0.15, 0.2) is 42.5 Å². The largest absolute Gasteiger partial charge is 0.382 e. The maximum atomic E-state index is 14.0. The molecule has 0 aliphatic carbocycles. The summed E-state index contributed by atoms with van der Waals surface area (Å²) >= 11 is 0. The van der Waals surface area contributed by atoms with E-state index in [1.165, 1.54) is 12.1 Å². The van der Waals surface area contributed by atoms with Gasteiger partial charge in [-0.25, -0.2) is 8.78 Å². The van der Waals surface area contributed by atoms with Gasteiger partial charge in [0.05, 0.1) is 11.3 Å². The van der Waals surface area contributed by atoms with Gasteiger partial charge >= 0.3 is 0 Å². The van der Waals surface area contributed by atoms with Crippen molar-refractivity contribution in [2.75, 3.05) is 5.73 Å². The molecule has 0 aliphatic rings. The van der Waals surface area contributed by atoms with Crippen molar-refractivity contribution in [3.63, 3.8) is 0 Å². The minimum atomic E-state index is -0.384. The summed E-state index contributed by atoms with van der Waals surface area (Å²) in [6.45, 7) is 1.67. The highest BCUT2D eigenvalue weighted by atomic mass is 19.1. The van der Waals surface area contributed by atoms with E-state index < -0.39 is 0 Å². The summed E-state index contributed by atoms with van der Waals surface area (Å²) in [5.41, 5.74) is 8.49. The molecule has 0 fully saturated rings. The second-order valence-corrected chi connectivity index (χ2v) is 4.80. The summed E-state index contributed by atoms with van der Waals surface area (Å²) in [5.74, 6) is -0.471. The third kappa shape index (κ3) is 2.27. The predicted octanol–water partition coefficient (Wildman–Crippen LogP) is 3.91. The number of aryl methyl sites for hydroxylation is 1. The van der Waals surface area contributed by atoms with Crippen molar-refractivity contribution in [3.8, 4) is 22.4 Å². The molecule has 0 aliphatic heterocycles. The van der Waals surface area contributed by atoms with Gasteiger partial charge in [-0.2, -0.15) is 5.10 Å². The monoisotopic (exact) mass is 285 g/mol. The molecular formula is C16H13F2N3. The van der Waals surface area contributed by atoms with E-state index in [1.807, 2.05) is 0 Å². The van der Waals surface area contributed by atoms with Crippen molar-refractivity contribution < 1.29 is 8.78 Å². The molecule has 3 N–H and O–H groups in total. The molecule has 0 saturated carbocycles. The molecule has 1 aromatic heterocycles. The molecule has 3 aromatic rings. The molecule has 2 aromatic carbocycles. The number of halogens is 2. The van der Waals surface area contributed by atoms with E-state index in [0.29, 0.717) is 27.9 Å². The van der Waals surface area contributed by atoms with Gasteiger partial charge in [0, 0.05) is 11.1 Å². The fourth-order valence-corrected chi connectivity index (χ4v) is 2.30. The molecule has 3 rings (SSSR count). The van der Waals surface area contributed by atoms with Crippen molar-refractivity contribution in [2.24, 2.45) is 0 Å². The zero-order valence-electron chi connectivity index (χ0n) is 11.3. The number of nitrogens with two attached hydrogens (primary N) is 1. The second-order valence-electron chi connectivity index (χ2n) is 4.80. The highest BCUT2D eigenvalue weighted by molar-refractivity contribution is 5.88. The number of nitrogen functional groups attached to an aromatic ring is 1. The van der Waals surface area contributed by atoms with Crippen LogP contribution in [0.2, 0.25) is 0 Å². The smallest absolute Gasteiger partial charge is 0.153 e. The Morgan fingerprint density at radius 2 is 1.81 bits per heavy atom. The topological polar surface area (TPSA) is 54.7 Å². The maximum absolute atomic E-state index is 14.0. The molecule has 0 saturated heterocycles. The van der Waals surface area contributed by atoms with Crippen LogP contribution < -0.4 is 5.73 Å². The number of aromatic nitrogens is 2. The molecule has 0 spiro atoms. The quantitative estimate of drug-likeness (QED) is 0.750. The van der Waals surface area contributed by atoms with Crippen LogP contribution in [0.1, 0.15) is 5.56 Å². The van der Waals surface area contributed by atoms with Gasteiger partial charge in [0.15, 0.2) is 5.82 Å². The standard InChI is InChI=1S/C16H13F2N3/c1-9-8-10(6-7-12(9)17)15-14(16(19)21-20-15)11-4-2-3-5-13(11)18/h2-8H,1H3,(H3,19,20,21). The number of benzene rings is 2. The Labute approximate surface area is 120 Å². The van der Waals surface area contributed by atoms with Crippen LogP contribution in [0.4, 0.5) is 14.6 Å². The zero-order chi connectivity index (χ0) is 15.0. The fourth-order valence-electron chi connectivity index (χ4n) is 2.30. The molecule has 21 heavy (non-hydrogen) atoms. The fraction of sp³-hybridized carbons (Fsp3) is 0.0625. The Kier molecular flexibility index (Phi) is 3.17. The second kappa shape index (κ2) is 5.01. The molecule has 3 nitrogen and oxygen atoms in total. The lowest BCUT2D eigenvalue weighted by atomic mass is 9.99. The summed E-state index contributed by atoms with van der Waals surface area (Å²) in [6, 6.07) is 11.0. The van der Waals surface area contributed by atoms with Gasteiger partial charge in [-0.05, 0) is 36.8 Å². The van der Waals surface area contributed by atoms with Crippen LogP contribution in [0, 0.1) is 18.6 Å². The van der Waals surface area contributed by atoms with Crippen molar-refractivity contribution >= 4 is 5.82 Å². The first-order chi connectivity index (χ1) is 10.1. The first-order valence-corrected chi connectivity index (χ1v) is 6.43. The summed E-state index contributed by atoms with van der Waals surface area (Å²) in [7, 11) is 0. The predicted molar refractivity (Wildman–Crippen MR) is 78.5 cm³/mol. The maximum Gasteiger partial charge on any atom is 0.153 e. The van der Waals surface area contributed by atoms with Crippen LogP contribution in [0.3, 0.4) is 0 Å². The van der Waals surface area contributed by atoms with Crippen LogP contribution in [-0.2, 0) is 0 Å². The Bertz CT molecular complexity index is 809. The average Bonchev–Trinajstić information content (AvgIpc) is 2.84. The lowest BCUT2D eigenvalue weighted by Gasteiger charge is -2.07. The summed E-state index contributed by atoms with van der Waals surface area (Å²) in [6.07, 6.45) is 0. The number of nitrogens with one attached hydrogen (secondary N) is 1. The molecule has 5 heteroatoms. The molecule has 0 atom stereocenters. The van der Waals surface area contributed by atoms with Crippen LogP contribution >= 0.6 is 0 Å². The Balaban J connectivity index is 2.22. The first-order valence-electron chi connectivity index (χ1n) is 6.43. The van der Waals surface area contributed by atoms with Crippen molar-refractivity contribution in [3.05, 3.63) is 59.7 Å². The van der Waals surface area contributed by atoms with Crippen molar-refractivity contribution in [2.45, 2.75) is 6.92 Å². The van der Waals surface area contributed by atoms with E-state index in [4.69, 9.17) is 5.73 Å². The van der Waals surface area contributed by atoms with E-state index in [2.05, 4.69) is 10.2 Å². The molecule has 0 bridgehead atoms. The van der Waals surface area contributed by atoms with Gasteiger partial charge in [-0.3, -0.25) is 5.10 Å². The third-order valence-electron chi connectivity index (χ3n) is 3.38. The van der Waals surface area contributed by atoms with E-state index in [9.17, 15) is 8.78 Å². The summed E-state index contributed by atoms with van der Waals surface area (Å²) < 4.78 is 27.4. The number of rotatable bonds is 2. The van der Waals surface area contributed by atoms with E-state index >= 15 is 0 Å². The lowest BCUT2D eigenvalue weighted by Crippen LogP contribution is -1.92. The third-order valence-corrected chi connectivity index (χ3v) is 3.38. The minimum absolute atomic E-state index is 0.206.